The summed E-state index contributed by atoms with van der Waals surface area (Å²) in [6, 6.07) is 5.50. The van der Waals surface area contributed by atoms with Crippen molar-refractivity contribution in [3.8, 4) is 0 Å². The molecule has 1 aliphatic carbocycles. The van der Waals surface area contributed by atoms with Crippen molar-refractivity contribution in [2.45, 2.75) is 25.1 Å². The maximum Gasteiger partial charge on any atom is 0.490 e. The summed E-state index contributed by atoms with van der Waals surface area (Å²) in [6.07, 6.45) is 0.536. The molecule has 0 unspecified atom stereocenters. The van der Waals surface area contributed by atoms with Crippen LogP contribution < -0.4 is 10.2 Å². The number of amides is 1. The number of pyridine rings is 1. The number of carbonyl (C=O) groups excluding carboxylic acids is 1. The molecule has 0 bridgehead atoms. The lowest BCUT2D eigenvalue weighted by atomic mass is 10.1. The van der Waals surface area contributed by atoms with Crippen LogP contribution in [0.3, 0.4) is 0 Å². The van der Waals surface area contributed by atoms with E-state index >= 15 is 0 Å². The van der Waals surface area contributed by atoms with E-state index in [-0.39, 0.29) is 11.5 Å². The molecule has 3 aromatic rings. The first-order valence-electron chi connectivity index (χ1n) is 11.2. The van der Waals surface area contributed by atoms with E-state index in [0.717, 1.165) is 42.1 Å². The van der Waals surface area contributed by atoms with Crippen molar-refractivity contribution in [2.75, 3.05) is 36.4 Å². The number of nitrogens with one attached hydrogen (secondary N) is 1. The van der Waals surface area contributed by atoms with Gasteiger partial charge in [0.2, 0.25) is 0 Å². The van der Waals surface area contributed by atoms with Gasteiger partial charge in [0.05, 0.1) is 11.7 Å². The third kappa shape index (κ3) is 6.37. The number of carbonyl (C=O) groups is 2. The van der Waals surface area contributed by atoms with Gasteiger partial charge in [-0.1, -0.05) is 0 Å². The summed E-state index contributed by atoms with van der Waals surface area (Å²) in [5.41, 5.74) is 1.65. The summed E-state index contributed by atoms with van der Waals surface area (Å²) in [4.78, 5) is 39.0. The molecule has 2 fully saturated rings. The van der Waals surface area contributed by atoms with E-state index in [2.05, 4.69) is 15.2 Å². The van der Waals surface area contributed by atoms with Gasteiger partial charge in [-0.25, -0.2) is 23.5 Å². The van der Waals surface area contributed by atoms with Gasteiger partial charge in [-0.3, -0.25) is 9.78 Å². The Bertz CT molecular complexity index is 1310. The lowest BCUT2D eigenvalue weighted by Crippen LogP contribution is -2.49. The number of hydrogen-bond acceptors (Lipinski definition) is 7. The van der Waals surface area contributed by atoms with Crippen molar-refractivity contribution in [3.63, 3.8) is 0 Å². The summed E-state index contributed by atoms with van der Waals surface area (Å²) < 4.78 is 58.4. The second-order valence-corrected chi connectivity index (χ2v) is 8.39. The minimum Gasteiger partial charge on any atom is -0.475 e. The predicted molar refractivity (Wildman–Crippen MR) is 122 cm³/mol. The van der Waals surface area contributed by atoms with Crippen molar-refractivity contribution in [1.29, 1.82) is 0 Å². The van der Waals surface area contributed by atoms with E-state index in [1.54, 1.807) is 17.3 Å². The lowest BCUT2D eigenvalue weighted by Gasteiger charge is -2.36. The molecule has 9 nitrogen and oxygen atoms in total. The Labute approximate surface area is 206 Å². The number of rotatable bonds is 4. The number of nitrogens with zero attached hydrogens (tertiary/aromatic N) is 5. The molecule has 2 aromatic heterocycles. The number of aromatic nitrogens is 3. The van der Waals surface area contributed by atoms with Crippen LogP contribution in [0.4, 0.5) is 33.6 Å². The standard InChI is InChI=1S/C21H20F2N6O.C2HF3O2/c22-15-4-1-13(11-16(15)23)21(30)29-9-7-28(8-10-29)20-19(25-14-2-3-14)26-17-5-6-24-12-18(17)27-20;3-2(4,5)1(6)7/h1,4-6,11-12,14H,2-3,7-10H2,(H,25,26);(H,6,7). The number of fused-ring (bicyclic) bond motifs is 1. The fourth-order valence-electron chi connectivity index (χ4n) is 3.57. The highest BCUT2D eigenvalue weighted by molar-refractivity contribution is 5.94. The van der Waals surface area contributed by atoms with Crippen LogP contribution in [0.2, 0.25) is 0 Å². The topological polar surface area (TPSA) is 112 Å². The molecular weight excluding hydrogens is 503 g/mol. The number of anilines is 2. The molecule has 2 N–H and O–H groups in total. The van der Waals surface area contributed by atoms with Gasteiger partial charge in [0, 0.05) is 44.0 Å². The second kappa shape index (κ2) is 10.5. The molecule has 196 valence electrons. The van der Waals surface area contributed by atoms with Crippen molar-refractivity contribution in [3.05, 3.63) is 53.9 Å². The van der Waals surface area contributed by atoms with Gasteiger partial charge >= 0.3 is 12.1 Å². The van der Waals surface area contributed by atoms with Crippen LogP contribution >= 0.6 is 0 Å². The maximum atomic E-state index is 13.5. The zero-order valence-corrected chi connectivity index (χ0v) is 19.2. The number of carboxylic acid groups (broad SMARTS) is 1. The quantitative estimate of drug-likeness (QED) is 0.500. The highest BCUT2D eigenvalue weighted by Gasteiger charge is 2.38. The molecule has 14 heteroatoms. The van der Waals surface area contributed by atoms with Gasteiger partial charge in [-0.05, 0) is 37.1 Å². The number of hydrogen-bond donors (Lipinski definition) is 2. The number of benzene rings is 1. The molecule has 1 amide bonds. The van der Waals surface area contributed by atoms with E-state index in [0.29, 0.717) is 37.7 Å². The maximum absolute atomic E-state index is 13.5. The van der Waals surface area contributed by atoms with E-state index in [9.17, 15) is 26.7 Å². The molecule has 0 radical (unpaired) electrons. The Morgan fingerprint density at radius 3 is 2.24 bits per heavy atom. The van der Waals surface area contributed by atoms with E-state index < -0.39 is 23.8 Å². The zero-order valence-electron chi connectivity index (χ0n) is 19.2. The van der Waals surface area contributed by atoms with Crippen LogP contribution in [0, 0.1) is 11.6 Å². The SMILES string of the molecule is O=C(O)C(F)(F)F.O=C(c1ccc(F)c(F)c1)N1CCN(c2nc3cnccc3nc2NC2CC2)CC1. The Morgan fingerprint density at radius 1 is 0.973 bits per heavy atom. The van der Waals surface area contributed by atoms with Crippen LogP contribution in [0.1, 0.15) is 23.2 Å². The number of alkyl halides is 3. The number of halogens is 5. The Hall–Kier alpha value is -4.10. The molecule has 1 aromatic carbocycles. The first-order valence-corrected chi connectivity index (χ1v) is 11.2. The summed E-state index contributed by atoms with van der Waals surface area (Å²) in [6.45, 7) is 2.03. The Balaban J connectivity index is 0.000000405. The van der Waals surface area contributed by atoms with Gasteiger partial charge < -0.3 is 20.2 Å². The van der Waals surface area contributed by atoms with Gasteiger partial charge in [-0.2, -0.15) is 13.2 Å². The van der Waals surface area contributed by atoms with Gasteiger partial charge in [-0.15, -0.1) is 0 Å². The molecule has 0 spiro atoms. The van der Waals surface area contributed by atoms with Crippen LogP contribution in [-0.2, 0) is 4.79 Å². The van der Waals surface area contributed by atoms with Crippen molar-refractivity contribution in [1.82, 2.24) is 19.9 Å². The molecule has 5 rings (SSSR count). The fourth-order valence-corrected chi connectivity index (χ4v) is 3.57. The predicted octanol–water partition coefficient (Wildman–Crippen LogP) is 3.47. The second-order valence-electron chi connectivity index (χ2n) is 8.39. The van der Waals surface area contributed by atoms with Gasteiger partial charge in [0.25, 0.3) is 5.91 Å². The van der Waals surface area contributed by atoms with Crippen LogP contribution in [-0.4, -0.2) is 75.2 Å². The van der Waals surface area contributed by atoms with E-state index in [1.165, 1.54) is 6.07 Å². The molecular formula is C23H21F5N6O3. The van der Waals surface area contributed by atoms with Crippen LogP contribution in [0.5, 0.6) is 0 Å². The molecule has 1 aliphatic heterocycles. The first kappa shape index (κ1) is 26.0. The van der Waals surface area contributed by atoms with Crippen LogP contribution in [0.15, 0.2) is 36.7 Å². The zero-order chi connectivity index (χ0) is 26.7. The Morgan fingerprint density at radius 2 is 1.65 bits per heavy atom. The summed E-state index contributed by atoms with van der Waals surface area (Å²) in [5.74, 6) is -3.54. The first-order chi connectivity index (χ1) is 17.5. The van der Waals surface area contributed by atoms with Gasteiger partial charge in [0.15, 0.2) is 23.3 Å². The van der Waals surface area contributed by atoms with Crippen molar-refractivity contribution >= 4 is 34.5 Å². The van der Waals surface area contributed by atoms with E-state index in [4.69, 9.17) is 19.9 Å². The smallest absolute Gasteiger partial charge is 0.475 e. The normalized spacial score (nSPS) is 15.7. The number of carboxylic acids is 1. The third-order valence-corrected chi connectivity index (χ3v) is 5.64. The molecule has 0 atom stereocenters. The molecule has 1 saturated carbocycles. The average Bonchev–Trinajstić information content (AvgIpc) is 3.69. The Kier molecular flexibility index (Phi) is 7.36. The van der Waals surface area contributed by atoms with Crippen molar-refractivity contribution < 1.29 is 36.6 Å². The highest BCUT2D eigenvalue weighted by atomic mass is 19.4. The molecule has 3 heterocycles. The minimum absolute atomic E-state index is 0.148. The molecule has 37 heavy (non-hydrogen) atoms. The number of aliphatic carboxylic acids is 1. The summed E-state index contributed by atoms with van der Waals surface area (Å²) >= 11 is 0. The minimum atomic E-state index is -5.08. The molecule has 2 aliphatic rings. The van der Waals surface area contributed by atoms with Crippen molar-refractivity contribution in [2.24, 2.45) is 0 Å². The van der Waals surface area contributed by atoms with E-state index in [1.807, 2.05) is 6.07 Å². The number of piperazine rings is 1. The fraction of sp³-hybridized carbons (Fsp3) is 0.348. The lowest BCUT2D eigenvalue weighted by molar-refractivity contribution is -0.192. The van der Waals surface area contributed by atoms with Gasteiger partial charge in [0.1, 0.15) is 5.52 Å². The largest absolute Gasteiger partial charge is 0.490 e. The average molecular weight is 524 g/mol. The highest BCUT2D eigenvalue weighted by Crippen LogP contribution is 2.31. The summed E-state index contributed by atoms with van der Waals surface area (Å²) in [5, 5.41) is 10.6. The molecule has 1 saturated heterocycles. The summed E-state index contributed by atoms with van der Waals surface area (Å²) in [7, 11) is 0. The van der Waals surface area contributed by atoms with Crippen LogP contribution in [0.25, 0.3) is 11.0 Å². The monoisotopic (exact) mass is 524 g/mol. The third-order valence-electron chi connectivity index (χ3n) is 5.64.